The quantitative estimate of drug-likeness (QED) is 0.0481. The summed E-state index contributed by atoms with van der Waals surface area (Å²) in [7, 11) is 8.70. The van der Waals surface area contributed by atoms with Crippen LogP contribution in [-0.4, -0.2) is 94.0 Å². The molecule has 0 fully saturated rings. The molecule has 0 spiro atoms. The highest BCUT2D eigenvalue weighted by molar-refractivity contribution is 6.45. The van der Waals surface area contributed by atoms with E-state index in [2.05, 4.69) is 0 Å². The lowest BCUT2D eigenvalue weighted by molar-refractivity contribution is 0.171. The smallest absolute Gasteiger partial charge is 0.320 e. The number of rotatable bonds is 36. The lowest BCUT2D eigenvalue weighted by Crippen LogP contribution is -2.22. The van der Waals surface area contributed by atoms with Crippen LogP contribution in [-0.2, 0) is 35.4 Å². The summed E-state index contributed by atoms with van der Waals surface area (Å²) in [6, 6.07) is 4.50. The Morgan fingerprint density at radius 2 is 0.444 bits per heavy atom. The lowest BCUT2D eigenvalue weighted by atomic mass is 9.70. The van der Waals surface area contributed by atoms with E-state index < -0.39 is 37.1 Å². The van der Waals surface area contributed by atoms with Crippen LogP contribution in [0.25, 0.3) is 0 Å². The molecule has 0 atom stereocenters. The maximum Gasteiger partial charge on any atom is 0.320 e. The number of hydrogen-bond acceptors (Lipinski definition) is 8. The van der Waals surface area contributed by atoms with Gasteiger partial charge in [0.25, 0.3) is 0 Å². The SMILES string of the molecule is CO[SiH](CCCCCCC(CCCCCC[SiH](OC)OC)(CCCCCC[SiH](OC)OC)CCCCCC[SiH](OC)OC)OC. The minimum atomic E-state index is -1.43. The van der Waals surface area contributed by atoms with Crippen LogP contribution in [0.1, 0.15) is 128 Å². The molecule has 0 rings (SSSR count). The fraction of sp³-hybridized carbons (Fsp3) is 1.00. The van der Waals surface area contributed by atoms with Crippen molar-refractivity contribution in [2.45, 2.75) is 153 Å². The molecule has 0 aromatic heterocycles. The Balaban J connectivity index is 5.15. The number of hydrogen-bond donors (Lipinski definition) is 0. The van der Waals surface area contributed by atoms with Crippen LogP contribution in [0.2, 0.25) is 24.2 Å². The summed E-state index contributed by atoms with van der Waals surface area (Å²) in [6.45, 7) is 0. The monoisotopic (exact) mass is 712 g/mol. The van der Waals surface area contributed by atoms with Gasteiger partial charge in [-0.3, -0.25) is 0 Å². The fourth-order valence-electron chi connectivity index (χ4n) is 6.74. The van der Waals surface area contributed by atoms with Crippen LogP contribution in [0.4, 0.5) is 0 Å². The Kier molecular flexibility index (Phi) is 33.5. The molecule has 0 bridgehead atoms. The molecule has 0 amide bonds. The van der Waals surface area contributed by atoms with Gasteiger partial charge in [-0.1, -0.05) is 103 Å². The lowest BCUT2D eigenvalue weighted by Gasteiger charge is -2.35. The first-order valence-electron chi connectivity index (χ1n) is 18.2. The molecule has 0 heterocycles. The molecule has 0 aliphatic rings. The first-order valence-corrected chi connectivity index (χ1v) is 25.2. The van der Waals surface area contributed by atoms with Crippen molar-refractivity contribution in [2.24, 2.45) is 5.41 Å². The predicted molar refractivity (Wildman–Crippen MR) is 199 cm³/mol. The van der Waals surface area contributed by atoms with Gasteiger partial charge in [-0.2, -0.15) is 0 Å². The van der Waals surface area contributed by atoms with Gasteiger partial charge in [0.1, 0.15) is 0 Å². The zero-order valence-corrected chi connectivity index (χ0v) is 35.7. The second kappa shape index (κ2) is 33.1. The molecule has 0 aliphatic carbocycles. The van der Waals surface area contributed by atoms with Crippen molar-refractivity contribution in [3.63, 3.8) is 0 Å². The van der Waals surface area contributed by atoms with Gasteiger partial charge in [0.15, 0.2) is 0 Å². The van der Waals surface area contributed by atoms with Gasteiger partial charge in [-0.25, -0.2) is 0 Å². The van der Waals surface area contributed by atoms with E-state index in [1.54, 1.807) is 56.9 Å². The molecular weight excluding hydrogens is 637 g/mol. The highest BCUT2D eigenvalue weighted by Crippen LogP contribution is 2.42. The maximum absolute atomic E-state index is 5.54. The average Bonchev–Trinajstić information content (AvgIpc) is 3.07. The van der Waals surface area contributed by atoms with Crippen LogP contribution in [0.3, 0.4) is 0 Å². The summed E-state index contributed by atoms with van der Waals surface area (Å²) in [6.07, 6.45) is 26.4. The maximum atomic E-state index is 5.54. The molecular formula is C33H76O8Si4. The van der Waals surface area contributed by atoms with Crippen molar-refractivity contribution in [3.8, 4) is 0 Å². The zero-order valence-electron chi connectivity index (χ0n) is 31.0. The van der Waals surface area contributed by atoms with E-state index in [1.807, 2.05) is 0 Å². The average molecular weight is 713 g/mol. The molecule has 0 aromatic carbocycles. The minimum absolute atomic E-state index is 0.485. The van der Waals surface area contributed by atoms with Gasteiger partial charge >= 0.3 is 37.1 Å². The molecule has 0 saturated heterocycles. The summed E-state index contributed by atoms with van der Waals surface area (Å²) in [4.78, 5) is 0. The van der Waals surface area contributed by atoms with Crippen molar-refractivity contribution < 1.29 is 35.4 Å². The summed E-state index contributed by atoms with van der Waals surface area (Å²) >= 11 is 0. The van der Waals surface area contributed by atoms with E-state index in [0.29, 0.717) is 5.41 Å². The van der Waals surface area contributed by atoms with Crippen molar-refractivity contribution in [1.82, 2.24) is 0 Å². The van der Waals surface area contributed by atoms with Crippen LogP contribution in [0.15, 0.2) is 0 Å². The summed E-state index contributed by atoms with van der Waals surface area (Å²) < 4.78 is 44.3. The van der Waals surface area contributed by atoms with Gasteiger partial charge in [-0.05, 0) is 55.3 Å². The normalized spacial score (nSPS) is 12.5. The van der Waals surface area contributed by atoms with Crippen LogP contribution in [0.5, 0.6) is 0 Å². The third kappa shape index (κ3) is 25.2. The van der Waals surface area contributed by atoms with Crippen molar-refractivity contribution in [3.05, 3.63) is 0 Å². The molecule has 0 aromatic rings. The Bertz CT molecular complexity index is 494. The highest BCUT2D eigenvalue weighted by Gasteiger charge is 2.28. The third-order valence-corrected chi connectivity index (χ3v) is 17.4. The summed E-state index contributed by atoms with van der Waals surface area (Å²) in [5.74, 6) is 0. The second-order valence-corrected chi connectivity index (χ2v) is 22.4. The topological polar surface area (TPSA) is 73.8 Å². The van der Waals surface area contributed by atoms with Gasteiger partial charge in [0.2, 0.25) is 0 Å². The molecule has 272 valence electrons. The van der Waals surface area contributed by atoms with Crippen molar-refractivity contribution in [1.29, 1.82) is 0 Å². The van der Waals surface area contributed by atoms with E-state index in [0.717, 1.165) is 24.2 Å². The molecule has 0 N–H and O–H groups in total. The van der Waals surface area contributed by atoms with Gasteiger partial charge in [0, 0.05) is 56.9 Å². The van der Waals surface area contributed by atoms with Gasteiger partial charge < -0.3 is 35.4 Å². The molecule has 8 nitrogen and oxygen atoms in total. The molecule has 0 aliphatic heterocycles. The standard InChI is InChI=1S/C33H76O8Si4/c1-34-42(35-2)29-21-13-9-17-25-33(26-18-10-14-22-30-43(36-3)37-4,27-19-11-15-23-31-44(38-5)39-6)28-20-12-16-24-32-45(40-7)41-8/h42-45H,9-32H2,1-8H3. The van der Waals surface area contributed by atoms with E-state index in [1.165, 1.54) is 128 Å². The molecule has 0 radical (unpaired) electrons. The van der Waals surface area contributed by atoms with Crippen LogP contribution >= 0.6 is 0 Å². The van der Waals surface area contributed by atoms with Gasteiger partial charge in [-0.15, -0.1) is 0 Å². The molecule has 12 heteroatoms. The Labute approximate surface area is 286 Å². The van der Waals surface area contributed by atoms with Crippen LogP contribution < -0.4 is 0 Å². The van der Waals surface area contributed by atoms with Crippen molar-refractivity contribution >= 4 is 37.1 Å². The second-order valence-electron chi connectivity index (χ2n) is 12.9. The first kappa shape index (κ1) is 45.5. The molecule has 45 heavy (non-hydrogen) atoms. The Hall–Kier alpha value is 0.548. The predicted octanol–water partition coefficient (Wildman–Crippen LogP) is 7.83. The summed E-state index contributed by atoms with van der Waals surface area (Å²) in [5, 5.41) is 0. The minimum Gasteiger partial charge on any atom is -0.400 e. The van der Waals surface area contributed by atoms with E-state index in [9.17, 15) is 0 Å². The van der Waals surface area contributed by atoms with E-state index in [-0.39, 0.29) is 0 Å². The summed E-state index contributed by atoms with van der Waals surface area (Å²) in [5.41, 5.74) is 0.485. The molecule has 0 unspecified atom stereocenters. The van der Waals surface area contributed by atoms with Crippen LogP contribution in [0, 0.1) is 5.41 Å². The van der Waals surface area contributed by atoms with Gasteiger partial charge in [0.05, 0.1) is 0 Å². The van der Waals surface area contributed by atoms with E-state index in [4.69, 9.17) is 35.4 Å². The Morgan fingerprint density at radius 3 is 0.622 bits per heavy atom. The first-order chi connectivity index (χ1) is 22.0. The highest BCUT2D eigenvalue weighted by atomic mass is 28.3. The Morgan fingerprint density at radius 1 is 0.267 bits per heavy atom. The third-order valence-electron chi connectivity index (χ3n) is 9.69. The zero-order chi connectivity index (χ0) is 33.4. The fourth-order valence-corrected chi connectivity index (χ4v) is 11.9. The molecule has 0 saturated carbocycles. The van der Waals surface area contributed by atoms with E-state index >= 15 is 0 Å². The largest absolute Gasteiger partial charge is 0.400 e. The number of unbranched alkanes of at least 4 members (excludes halogenated alkanes) is 12. The van der Waals surface area contributed by atoms with Crippen molar-refractivity contribution in [2.75, 3.05) is 56.9 Å².